The maximum atomic E-state index is 10.6. The molecule has 17 heavy (non-hydrogen) atoms. The van der Waals surface area contributed by atoms with Crippen LogP contribution in [0.4, 0.5) is 0 Å². The Morgan fingerprint density at radius 2 is 2.18 bits per heavy atom. The molecule has 1 N–H and O–H groups in total. The predicted octanol–water partition coefficient (Wildman–Crippen LogP) is 2.55. The van der Waals surface area contributed by atoms with Crippen LogP contribution in [-0.4, -0.2) is 45.9 Å². The van der Waals surface area contributed by atoms with Gasteiger partial charge in [-0.15, -0.1) is 0 Å². The van der Waals surface area contributed by atoms with Gasteiger partial charge in [0, 0.05) is 29.1 Å². The van der Waals surface area contributed by atoms with Gasteiger partial charge in [-0.3, -0.25) is 0 Å². The van der Waals surface area contributed by atoms with E-state index in [0.29, 0.717) is 11.2 Å². The average molecular weight is 274 g/mol. The summed E-state index contributed by atoms with van der Waals surface area (Å²) in [6, 6.07) is 0. The summed E-state index contributed by atoms with van der Waals surface area (Å²) in [5.41, 5.74) is 0.177. The standard InChI is InChI=1S/C13H22O2S2/c14-12(11-9-16-6-7-17-11)10-2-5-15-13(8-10)3-1-4-13/h10-12,14H,1-9H2. The molecule has 0 aromatic heterocycles. The lowest BCUT2D eigenvalue weighted by atomic mass is 9.70. The molecule has 2 aliphatic heterocycles. The van der Waals surface area contributed by atoms with Gasteiger partial charge in [-0.05, 0) is 38.0 Å². The minimum atomic E-state index is -0.103. The van der Waals surface area contributed by atoms with Crippen LogP contribution in [0.15, 0.2) is 0 Å². The molecule has 2 heterocycles. The lowest BCUT2D eigenvalue weighted by molar-refractivity contribution is -0.156. The van der Waals surface area contributed by atoms with Gasteiger partial charge < -0.3 is 9.84 Å². The maximum Gasteiger partial charge on any atom is 0.0696 e. The van der Waals surface area contributed by atoms with E-state index in [0.717, 1.165) is 25.2 Å². The van der Waals surface area contributed by atoms with Crippen LogP contribution in [-0.2, 0) is 4.74 Å². The Kier molecular flexibility index (Phi) is 3.95. The molecule has 0 bridgehead atoms. The molecule has 2 nitrogen and oxygen atoms in total. The third-order valence-corrected chi connectivity index (χ3v) is 7.37. The molecule has 0 aromatic carbocycles. The van der Waals surface area contributed by atoms with Crippen molar-refractivity contribution in [2.75, 3.05) is 23.9 Å². The summed E-state index contributed by atoms with van der Waals surface area (Å²) < 4.78 is 5.95. The normalized spacial score (nSPS) is 38.6. The molecule has 2 saturated heterocycles. The van der Waals surface area contributed by atoms with Gasteiger partial charge >= 0.3 is 0 Å². The number of aliphatic hydroxyl groups excluding tert-OH is 1. The van der Waals surface area contributed by atoms with Crippen LogP contribution in [0.5, 0.6) is 0 Å². The molecule has 3 atom stereocenters. The maximum absolute atomic E-state index is 10.6. The van der Waals surface area contributed by atoms with Crippen LogP contribution in [0.3, 0.4) is 0 Å². The van der Waals surface area contributed by atoms with Crippen LogP contribution in [0.25, 0.3) is 0 Å². The molecule has 1 spiro atoms. The molecule has 1 saturated carbocycles. The Hall–Kier alpha value is 0.620. The number of rotatable bonds is 2. The highest BCUT2D eigenvalue weighted by Crippen LogP contribution is 2.46. The second-order valence-electron chi connectivity index (χ2n) is 5.61. The van der Waals surface area contributed by atoms with Gasteiger partial charge in [0.15, 0.2) is 0 Å². The van der Waals surface area contributed by atoms with Gasteiger partial charge in [0.05, 0.1) is 11.7 Å². The summed E-state index contributed by atoms with van der Waals surface area (Å²) in [6.45, 7) is 0.867. The molecule has 3 fully saturated rings. The molecule has 1 aliphatic carbocycles. The second kappa shape index (κ2) is 5.32. The third-order valence-electron chi connectivity index (χ3n) is 4.50. The fourth-order valence-electron chi connectivity index (χ4n) is 3.28. The minimum absolute atomic E-state index is 0.103. The molecule has 3 rings (SSSR count). The monoisotopic (exact) mass is 274 g/mol. The van der Waals surface area contributed by atoms with Crippen molar-refractivity contribution in [1.29, 1.82) is 0 Å². The highest BCUT2D eigenvalue weighted by atomic mass is 32.2. The summed E-state index contributed by atoms with van der Waals surface area (Å²) >= 11 is 3.98. The summed E-state index contributed by atoms with van der Waals surface area (Å²) in [5.74, 6) is 4.09. The Morgan fingerprint density at radius 1 is 1.29 bits per heavy atom. The summed E-state index contributed by atoms with van der Waals surface area (Å²) in [7, 11) is 0. The first-order chi connectivity index (χ1) is 8.29. The fourth-order valence-corrected chi connectivity index (χ4v) is 6.13. The molecular formula is C13H22O2S2. The number of thioether (sulfide) groups is 2. The lowest BCUT2D eigenvalue weighted by Crippen LogP contribution is -2.49. The Bertz CT molecular complexity index is 262. The van der Waals surface area contributed by atoms with Crippen molar-refractivity contribution in [2.45, 2.75) is 49.1 Å². The van der Waals surface area contributed by atoms with E-state index >= 15 is 0 Å². The number of hydrogen-bond donors (Lipinski definition) is 1. The van der Waals surface area contributed by atoms with Gasteiger partial charge in [0.2, 0.25) is 0 Å². The molecule has 0 radical (unpaired) electrons. The van der Waals surface area contributed by atoms with Crippen molar-refractivity contribution in [3.05, 3.63) is 0 Å². The summed E-state index contributed by atoms with van der Waals surface area (Å²) in [5, 5.41) is 11.0. The van der Waals surface area contributed by atoms with Crippen LogP contribution in [0, 0.1) is 5.92 Å². The number of aliphatic hydroxyl groups is 1. The second-order valence-corrected chi connectivity index (χ2v) is 8.11. The first-order valence-corrected chi connectivity index (χ1v) is 9.01. The highest BCUT2D eigenvalue weighted by molar-refractivity contribution is 8.06. The first kappa shape index (κ1) is 12.6. The van der Waals surface area contributed by atoms with E-state index in [9.17, 15) is 5.11 Å². The Labute approximate surface area is 112 Å². The summed E-state index contributed by atoms with van der Waals surface area (Å²) in [6.07, 6.45) is 5.83. The van der Waals surface area contributed by atoms with Gasteiger partial charge in [-0.25, -0.2) is 0 Å². The van der Waals surface area contributed by atoms with E-state index in [1.165, 1.54) is 30.8 Å². The fraction of sp³-hybridized carbons (Fsp3) is 1.00. The highest BCUT2D eigenvalue weighted by Gasteiger charge is 2.45. The zero-order valence-electron chi connectivity index (χ0n) is 10.3. The van der Waals surface area contributed by atoms with Crippen LogP contribution in [0.1, 0.15) is 32.1 Å². The van der Waals surface area contributed by atoms with Crippen molar-refractivity contribution < 1.29 is 9.84 Å². The van der Waals surface area contributed by atoms with Crippen LogP contribution in [0.2, 0.25) is 0 Å². The first-order valence-electron chi connectivity index (χ1n) is 6.80. The van der Waals surface area contributed by atoms with Crippen molar-refractivity contribution in [1.82, 2.24) is 0 Å². The van der Waals surface area contributed by atoms with Gasteiger partial charge in [0.25, 0.3) is 0 Å². The molecule has 0 amide bonds. The molecular weight excluding hydrogens is 252 g/mol. The zero-order chi connectivity index (χ0) is 11.7. The molecule has 3 unspecified atom stereocenters. The largest absolute Gasteiger partial charge is 0.392 e. The van der Waals surface area contributed by atoms with Crippen LogP contribution >= 0.6 is 23.5 Å². The molecule has 3 aliphatic rings. The lowest BCUT2D eigenvalue weighted by Gasteiger charge is -2.49. The van der Waals surface area contributed by atoms with Crippen molar-refractivity contribution in [2.24, 2.45) is 5.92 Å². The van der Waals surface area contributed by atoms with Crippen LogP contribution < -0.4 is 0 Å². The van der Waals surface area contributed by atoms with Crippen molar-refractivity contribution in [3.63, 3.8) is 0 Å². The zero-order valence-corrected chi connectivity index (χ0v) is 11.9. The molecule has 4 heteroatoms. The topological polar surface area (TPSA) is 29.5 Å². The van der Waals surface area contributed by atoms with Gasteiger partial charge in [0.1, 0.15) is 0 Å². The number of hydrogen-bond acceptors (Lipinski definition) is 4. The predicted molar refractivity (Wildman–Crippen MR) is 74.8 cm³/mol. The number of ether oxygens (including phenoxy) is 1. The van der Waals surface area contributed by atoms with Gasteiger partial charge in [-0.1, -0.05) is 0 Å². The van der Waals surface area contributed by atoms with E-state index in [-0.39, 0.29) is 11.7 Å². The van der Waals surface area contributed by atoms with Crippen molar-refractivity contribution >= 4 is 23.5 Å². The average Bonchev–Trinajstić information content (AvgIpc) is 2.37. The molecule has 0 aromatic rings. The van der Waals surface area contributed by atoms with Crippen molar-refractivity contribution in [3.8, 4) is 0 Å². The molecule has 98 valence electrons. The quantitative estimate of drug-likeness (QED) is 0.838. The van der Waals surface area contributed by atoms with Gasteiger partial charge in [-0.2, -0.15) is 23.5 Å². The van der Waals surface area contributed by atoms with E-state index in [4.69, 9.17) is 4.74 Å². The smallest absolute Gasteiger partial charge is 0.0696 e. The summed E-state index contributed by atoms with van der Waals surface area (Å²) in [4.78, 5) is 0. The minimum Gasteiger partial charge on any atom is -0.392 e. The van der Waals surface area contributed by atoms with E-state index < -0.39 is 0 Å². The Morgan fingerprint density at radius 3 is 2.82 bits per heavy atom. The van der Waals surface area contributed by atoms with E-state index in [1.54, 1.807) is 0 Å². The van der Waals surface area contributed by atoms with E-state index in [2.05, 4.69) is 0 Å². The van der Waals surface area contributed by atoms with E-state index in [1.807, 2.05) is 23.5 Å². The Balaban J connectivity index is 1.58. The SMILES string of the molecule is OC(C1CCOC2(CCC2)C1)C1CSCCS1. The third kappa shape index (κ3) is 2.65.